The number of aryl methyl sites for hydroxylation is 2. The molecule has 2 aromatic rings. The molecule has 5 heteroatoms. The largest absolute Gasteiger partial charge is 0.352 e. The Balaban J connectivity index is 1.85. The number of hydrogen-bond acceptors (Lipinski definition) is 3. The molecule has 1 fully saturated rings. The van der Waals surface area contributed by atoms with Crippen LogP contribution in [-0.4, -0.2) is 20.5 Å². The van der Waals surface area contributed by atoms with Crippen LogP contribution in [0.1, 0.15) is 29.8 Å². The summed E-state index contributed by atoms with van der Waals surface area (Å²) in [4.78, 5) is 16.1. The Bertz CT molecular complexity index is 613. The average Bonchev–Trinajstić information content (AvgIpc) is 3.09. The van der Waals surface area contributed by atoms with Gasteiger partial charge in [0.25, 0.3) is 0 Å². The lowest BCUT2D eigenvalue weighted by atomic mass is 10.3. The van der Waals surface area contributed by atoms with Gasteiger partial charge in [-0.3, -0.25) is 4.79 Å². The smallest absolute Gasteiger partial charge is 0.223 e. The molecule has 3 rings (SSSR count). The van der Waals surface area contributed by atoms with Gasteiger partial charge >= 0.3 is 0 Å². The predicted octanol–water partition coefficient (Wildman–Crippen LogP) is 1.37. The van der Waals surface area contributed by atoms with Crippen LogP contribution in [-0.2, 0) is 11.3 Å². The monoisotopic (exact) mass is 244 g/mol. The van der Waals surface area contributed by atoms with Gasteiger partial charge in [0.1, 0.15) is 0 Å². The molecular formula is C13H16N4O. The summed E-state index contributed by atoms with van der Waals surface area (Å²) in [5, 5.41) is 7.25. The molecule has 0 radical (unpaired) electrons. The lowest BCUT2D eigenvalue weighted by Gasteiger charge is -2.04. The molecule has 0 aliphatic heterocycles. The zero-order chi connectivity index (χ0) is 12.7. The molecule has 5 nitrogen and oxygen atoms in total. The number of rotatable bonds is 3. The molecule has 1 N–H and O–H groups in total. The molecule has 0 aromatic carbocycles. The number of nitrogens with zero attached hydrogens (tertiary/aromatic N) is 3. The molecule has 0 atom stereocenters. The second-order valence-electron chi connectivity index (χ2n) is 4.94. The third kappa shape index (κ3) is 1.96. The minimum absolute atomic E-state index is 0.152. The van der Waals surface area contributed by atoms with Crippen molar-refractivity contribution in [2.45, 2.75) is 33.2 Å². The molecule has 1 saturated carbocycles. The van der Waals surface area contributed by atoms with Gasteiger partial charge in [-0.15, -0.1) is 0 Å². The van der Waals surface area contributed by atoms with Gasteiger partial charge in [-0.2, -0.15) is 5.10 Å². The lowest BCUT2D eigenvalue weighted by molar-refractivity contribution is -0.122. The van der Waals surface area contributed by atoms with E-state index < -0.39 is 0 Å². The van der Waals surface area contributed by atoms with E-state index in [1.807, 2.05) is 24.4 Å². The molecule has 94 valence electrons. The van der Waals surface area contributed by atoms with Crippen molar-refractivity contribution in [2.24, 2.45) is 5.92 Å². The highest BCUT2D eigenvalue weighted by atomic mass is 16.2. The van der Waals surface area contributed by atoms with E-state index in [4.69, 9.17) is 0 Å². The second-order valence-corrected chi connectivity index (χ2v) is 4.94. The number of carbonyl (C=O) groups is 1. The fourth-order valence-electron chi connectivity index (χ4n) is 2.11. The molecular weight excluding hydrogens is 228 g/mol. The summed E-state index contributed by atoms with van der Waals surface area (Å²) in [6.45, 7) is 4.47. The number of hydrogen-bond donors (Lipinski definition) is 1. The zero-order valence-corrected chi connectivity index (χ0v) is 10.6. The van der Waals surface area contributed by atoms with Gasteiger partial charge in [-0.05, 0) is 32.8 Å². The van der Waals surface area contributed by atoms with Gasteiger partial charge in [-0.1, -0.05) is 0 Å². The van der Waals surface area contributed by atoms with Gasteiger partial charge < -0.3 is 5.32 Å². The molecule has 0 saturated heterocycles. The molecule has 2 aromatic heterocycles. The van der Waals surface area contributed by atoms with Crippen LogP contribution in [0.25, 0.3) is 5.65 Å². The van der Waals surface area contributed by atoms with Crippen molar-refractivity contribution in [3.8, 4) is 0 Å². The predicted molar refractivity (Wildman–Crippen MR) is 67.0 cm³/mol. The first-order valence-corrected chi connectivity index (χ1v) is 6.24. The van der Waals surface area contributed by atoms with Crippen molar-refractivity contribution >= 4 is 11.6 Å². The van der Waals surface area contributed by atoms with E-state index in [0.717, 1.165) is 35.4 Å². The number of aromatic nitrogens is 3. The first-order chi connectivity index (χ1) is 8.65. The van der Waals surface area contributed by atoms with E-state index in [1.54, 1.807) is 6.20 Å². The van der Waals surface area contributed by atoms with Crippen LogP contribution in [0.4, 0.5) is 0 Å². The van der Waals surface area contributed by atoms with Crippen LogP contribution in [0.3, 0.4) is 0 Å². The maximum absolute atomic E-state index is 11.6. The average molecular weight is 244 g/mol. The summed E-state index contributed by atoms with van der Waals surface area (Å²) in [6, 6.07) is 1.99. The Hall–Kier alpha value is -1.91. The van der Waals surface area contributed by atoms with Crippen LogP contribution >= 0.6 is 0 Å². The maximum Gasteiger partial charge on any atom is 0.223 e. The van der Waals surface area contributed by atoms with E-state index in [-0.39, 0.29) is 11.8 Å². The van der Waals surface area contributed by atoms with Crippen molar-refractivity contribution in [2.75, 3.05) is 0 Å². The highest BCUT2D eigenvalue weighted by Gasteiger charge is 2.29. The number of fused-ring (bicyclic) bond motifs is 1. The minimum Gasteiger partial charge on any atom is -0.352 e. The van der Waals surface area contributed by atoms with Crippen LogP contribution in [0.2, 0.25) is 0 Å². The Labute approximate surface area is 105 Å². The van der Waals surface area contributed by atoms with E-state index in [2.05, 4.69) is 15.4 Å². The second kappa shape index (κ2) is 4.08. The van der Waals surface area contributed by atoms with Gasteiger partial charge in [0.15, 0.2) is 5.65 Å². The van der Waals surface area contributed by atoms with Crippen molar-refractivity contribution in [3.05, 3.63) is 29.2 Å². The van der Waals surface area contributed by atoms with Gasteiger partial charge in [0, 0.05) is 29.4 Å². The highest BCUT2D eigenvalue weighted by Crippen LogP contribution is 2.28. The quantitative estimate of drug-likeness (QED) is 0.887. The minimum atomic E-state index is 0.152. The molecule has 0 bridgehead atoms. The van der Waals surface area contributed by atoms with Gasteiger partial charge in [-0.25, -0.2) is 9.50 Å². The van der Waals surface area contributed by atoms with E-state index >= 15 is 0 Å². The van der Waals surface area contributed by atoms with Crippen LogP contribution in [0.5, 0.6) is 0 Å². The first kappa shape index (κ1) is 11.2. The van der Waals surface area contributed by atoms with Crippen molar-refractivity contribution in [1.82, 2.24) is 19.9 Å². The van der Waals surface area contributed by atoms with E-state index in [0.29, 0.717) is 6.54 Å². The summed E-state index contributed by atoms with van der Waals surface area (Å²) in [5.74, 6) is 0.391. The van der Waals surface area contributed by atoms with Crippen molar-refractivity contribution in [3.63, 3.8) is 0 Å². The molecule has 2 heterocycles. The molecule has 0 unspecified atom stereocenters. The van der Waals surface area contributed by atoms with Crippen LogP contribution < -0.4 is 5.32 Å². The Morgan fingerprint density at radius 2 is 2.28 bits per heavy atom. The van der Waals surface area contributed by atoms with Crippen molar-refractivity contribution < 1.29 is 4.79 Å². The Morgan fingerprint density at radius 3 is 3.00 bits per heavy atom. The number of nitrogens with one attached hydrogen (secondary N) is 1. The topological polar surface area (TPSA) is 59.3 Å². The normalized spacial score (nSPS) is 15.0. The Morgan fingerprint density at radius 1 is 1.50 bits per heavy atom. The molecule has 1 aliphatic carbocycles. The summed E-state index contributed by atoms with van der Waals surface area (Å²) in [6.07, 6.45) is 3.83. The maximum atomic E-state index is 11.6. The fraction of sp³-hybridized carbons (Fsp3) is 0.462. The summed E-state index contributed by atoms with van der Waals surface area (Å²) < 4.78 is 1.81. The first-order valence-electron chi connectivity index (χ1n) is 6.24. The number of amides is 1. The molecule has 0 spiro atoms. The Kier molecular flexibility index (Phi) is 2.54. The van der Waals surface area contributed by atoms with Gasteiger partial charge in [0.2, 0.25) is 5.91 Å². The van der Waals surface area contributed by atoms with E-state index in [9.17, 15) is 4.79 Å². The third-order valence-electron chi connectivity index (χ3n) is 3.25. The standard InChI is InChI=1S/C13H16N4O/c1-8-5-9(2)17-12(16-8)11(7-15-17)6-14-13(18)10-3-4-10/h5,7,10H,3-4,6H2,1-2H3,(H,14,18). The SMILES string of the molecule is Cc1cc(C)n2ncc(CNC(=O)C3CC3)c2n1. The highest BCUT2D eigenvalue weighted by molar-refractivity contribution is 5.80. The fourth-order valence-corrected chi connectivity index (χ4v) is 2.11. The van der Waals surface area contributed by atoms with Gasteiger partial charge in [0.05, 0.1) is 6.20 Å². The third-order valence-corrected chi connectivity index (χ3v) is 3.25. The van der Waals surface area contributed by atoms with E-state index in [1.165, 1.54) is 0 Å². The van der Waals surface area contributed by atoms with Crippen LogP contribution in [0, 0.1) is 19.8 Å². The summed E-state index contributed by atoms with van der Waals surface area (Å²) in [7, 11) is 0. The zero-order valence-electron chi connectivity index (χ0n) is 10.6. The summed E-state index contributed by atoms with van der Waals surface area (Å²) >= 11 is 0. The number of carbonyl (C=O) groups excluding carboxylic acids is 1. The van der Waals surface area contributed by atoms with Crippen LogP contribution in [0.15, 0.2) is 12.3 Å². The molecule has 1 aliphatic rings. The lowest BCUT2D eigenvalue weighted by Crippen LogP contribution is -2.24. The molecule has 1 amide bonds. The summed E-state index contributed by atoms with van der Waals surface area (Å²) in [5.41, 5.74) is 3.83. The molecule has 18 heavy (non-hydrogen) atoms. The van der Waals surface area contributed by atoms with Crippen molar-refractivity contribution in [1.29, 1.82) is 0 Å².